The molecule has 1 aliphatic heterocycles. The first kappa shape index (κ1) is 13.2. The molecule has 6 heteroatoms. The van der Waals surface area contributed by atoms with Gasteiger partial charge in [0.25, 0.3) is 0 Å². The topological polar surface area (TPSA) is 86.6 Å². The molecule has 100 valence electrons. The Morgan fingerprint density at radius 2 is 2.06 bits per heavy atom. The molecular formula is C12H17NO4S. The SMILES string of the molecule is CC1(NCc2ccc(O)c(O)c2)CCS(=O)(=O)C1. The van der Waals surface area contributed by atoms with E-state index in [-0.39, 0.29) is 23.0 Å². The zero-order valence-corrected chi connectivity index (χ0v) is 11.0. The smallest absolute Gasteiger partial charge is 0.157 e. The number of hydrogen-bond donors (Lipinski definition) is 3. The van der Waals surface area contributed by atoms with E-state index in [1.54, 1.807) is 6.07 Å². The fourth-order valence-electron chi connectivity index (χ4n) is 2.14. The van der Waals surface area contributed by atoms with Crippen molar-refractivity contribution >= 4 is 9.84 Å². The van der Waals surface area contributed by atoms with E-state index in [2.05, 4.69) is 5.32 Å². The third-order valence-electron chi connectivity index (χ3n) is 3.26. The van der Waals surface area contributed by atoms with Gasteiger partial charge in [0.15, 0.2) is 21.3 Å². The molecule has 0 bridgehead atoms. The van der Waals surface area contributed by atoms with Crippen molar-refractivity contribution in [2.24, 2.45) is 0 Å². The molecule has 0 aliphatic carbocycles. The van der Waals surface area contributed by atoms with E-state index in [9.17, 15) is 18.6 Å². The fraction of sp³-hybridized carbons (Fsp3) is 0.500. The van der Waals surface area contributed by atoms with Crippen molar-refractivity contribution in [3.05, 3.63) is 23.8 Å². The van der Waals surface area contributed by atoms with E-state index in [0.717, 1.165) is 5.56 Å². The summed E-state index contributed by atoms with van der Waals surface area (Å²) in [5.41, 5.74) is 0.391. The Morgan fingerprint density at radius 3 is 2.61 bits per heavy atom. The molecule has 0 spiro atoms. The predicted octanol–water partition coefficient (Wildman–Crippen LogP) is 0.765. The summed E-state index contributed by atoms with van der Waals surface area (Å²) < 4.78 is 22.9. The van der Waals surface area contributed by atoms with Gasteiger partial charge < -0.3 is 15.5 Å². The maximum absolute atomic E-state index is 11.4. The lowest BCUT2D eigenvalue weighted by Gasteiger charge is -2.24. The van der Waals surface area contributed by atoms with Gasteiger partial charge >= 0.3 is 0 Å². The average molecular weight is 271 g/mol. The van der Waals surface area contributed by atoms with Crippen LogP contribution in [-0.4, -0.2) is 35.7 Å². The molecule has 1 heterocycles. The van der Waals surface area contributed by atoms with Crippen LogP contribution in [0.5, 0.6) is 11.5 Å². The summed E-state index contributed by atoms with van der Waals surface area (Å²) in [6, 6.07) is 4.57. The number of nitrogens with one attached hydrogen (secondary N) is 1. The molecule has 3 N–H and O–H groups in total. The van der Waals surface area contributed by atoms with Crippen molar-refractivity contribution in [1.29, 1.82) is 0 Å². The second-order valence-corrected chi connectivity index (χ2v) is 7.26. The maximum atomic E-state index is 11.4. The highest BCUT2D eigenvalue weighted by molar-refractivity contribution is 7.91. The van der Waals surface area contributed by atoms with Crippen molar-refractivity contribution in [2.75, 3.05) is 11.5 Å². The van der Waals surface area contributed by atoms with E-state index >= 15 is 0 Å². The Labute approximate surface area is 106 Å². The van der Waals surface area contributed by atoms with Crippen LogP contribution in [0.15, 0.2) is 18.2 Å². The van der Waals surface area contributed by atoms with Gasteiger partial charge in [0.1, 0.15) is 0 Å². The second-order valence-electron chi connectivity index (χ2n) is 5.08. The third kappa shape index (κ3) is 2.94. The van der Waals surface area contributed by atoms with Gasteiger partial charge in [-0.2, -0.15) is 0 Å². The summed E-state index contributed by atoms with van der Waals surface area (Å²) in [5, 5.41) is 21.8. The Hall–Kier alpha value is -1.27. The van der Waals surface area contributed by atoms with Crippen LogP contribution in [-0.2, 0) is 16.4 Å². The molecular weight excluding hydrogens is 254 g/mol. The van der Waals surface area contributed by atoms with Gasteiger partial charge in [-0.25, -0.2) is 8.42 Å². The first-order chi connectivity index (χ1) is 8.30. The molecule has 2 rings (SSSR count). The van der Waals surface area contributed by atoms with Crippen LogP contribution in [0.1, 0.15) is 18.9 Å². The average Bonchev–Trinajstić information content (AvgIpc) is 2.56. The van der Waals surface area contributed by atoms with Gasteiger partial charge in [0.05, 0.1) is 11.5 Å². The quantitative estimate of drug-likeness (QED) is 0.707. The zero-order chi connectivity index (χ0) is 13.4. The van der Waals surface area contributed by atoms with Gasteiger partial charge in [-0.1, -0.05) is 6.07 Å². The molecule has 0 aromatic heterocycles. The normalized spacial score (nSPS) is 26.3. The van der Waals surface area contributed by atoms with Crippen LogP contribution in [0.4, 0.5) is 0 Å². The monoisotopic (exact) mass is 271 g/mol. The third-order valence-corrected chi connectivity index (χ3v) is 5.17. The minimum absolute atomic E-state index is 0.143. The summed E-state index contributed by atoms with van der Waals surface area (Å²) >= 11 is 0. The van der Waals surface area contributed by atoms with Crippen LogP contribution < -0.4 is 5.32 Å². The number of benzene rings is 1. The number of phenols is 2. The largest absolute Gasteiger partial charge is 0.504 e. The summed E-state index contributed by atoms with van der Waals surface area (Å²) in [6.07, 6.45) is 0.597. The molecule has 1 aromatic rings. The molecule has 1 aromatic carbocycles. The molecule has 0 radical (unpaired) electrons. The first-order valence-electron chi connectivity index (χ1n) is 5.76. The molecule has 0 saturated carbocycles. The summed E-state index contributed by atoms with van der Waals surface area (Å²) in [7, 11) is -2.93. The predicted molar refractivity (Wildman–Crippen MR) is 68.3 cm³/mol. The number of aromatic hydroxyl groups is 2. The standard InChI is InChI=1S/C12H17NO4S/c1-12(4-5-18(16,17)8-12)13-7-9-2-3-10(14)11(15)6-9/h2-3,6,13-15H,4-5,7-8H2,1H3. The van der Waals surface area contributed by atoms with E-state index in [0.29, 0.717) is 13.0 Å². The lowest BCUT2D eigenvalue weighted by atomic mass is 10.0. The Kier molecular flexibility index (Phi) is 3.25. The summed E-state index contributed by atoms with van der Waals surface area (Å²) in [5.74, 6) is 0.0356. The number of sulfone groups is 1. The molecule has 1 saturated heterocycles. The molecule has 1 unspecified atom stereocenters. The Balaban J connectivity index is 2.02. The van der Waals surface area contributed by atoms with E-state index < -0.39 is 15.4 Å². The lowest BCUT2D eigenvalue weighted by Crippen LogP contribution is -2.42. The molecule has 5 nitrogen and oxygen atoms in total. The Morgan fingerprint density at radius 1 is 1.33 bits per heavy atom. The number of hydrogen-bond acceptors (Lipinski definition) is 5. The molecule has 1 aliphatic rings. The number of rotatable bonds is 3. The lowest BCUT2D eigenvalue weighted by molar-refractivity contribution is 0.390. The van der Waals surface area contributed by atoms with Crippen LogP contribution in [0.3, 0.4) is 0 Å². The zero-order valence-electron chi connectivity index (χ0n) is 10.2. The first-order valence-corrected chi connectivity index (χ1v) is 7.58. The van der Waals surface area contributed by atoms with Crippen LogP contribution in [0.2, 0.25) is 0 Å². The van der Waals surface area contributed by atoms with Gasteiger partial charge in [-0.3, -0.25) is 0 Å². The second kappa shape index (κ2) is 4.44. The van der Waals surface area contributed by atoms with Crippen LogP contribution >= 0.6 is 0 Å². The molecule has 18 heavy (non-hydrogen) atoms. The van der Waals surface area contributed by atoms with Gasteiger partial charge in [-0.05, 0) is 31.0 Å². The Bertz CT molecular complexity index is 555. The number of phenolic OH excluding ortho intramolecular Hbond substituents is 2. The van der Waals surface area contributed by atoms with Crippen molar-refractivity contribution in [3.63, 3.8) is 0 Å². The maximum Gasteiger partial charge on any atom is 0.157 e. The van der Waals surface area contributed by atoms with E-state index in [1.165, 1.54) is 12.1 Å². The molecule has 1 fully saturated rings. The van der Waals surface area contributed by atoms with E-state index in [1.807, 2.05) is 6.92 Å². The highest BCUT2D eigenvalue weighted by Gasteiger charge is 2.37. The highest BCUT2D eigenvalue weighted by atomic mass is 32.2. The van der Waals surface area contributed by atoms with Gasteiger partial charge in [-0.15, -0.1) is 0 Å². The van der Waals surface area contributed by atoms with Crippen LogP contribution in [0, 0.1) is 0 Å². The van der Waals surface area contributed by atoms with Crippen molar-refractivity contribution in [2.45, 2.75) is 25.4 Å². The highest BCUT2D eigenvalue weighted by Crippen LogP contribution is 2.26. The van der Waals surface area contributed by atoms with Gasteiger partial charge in [0, 0.05) is 12.1 Å². The summed E-state index contributed by atoms with van der Waals surface area (Å²) in [4.78, 5) is 0. The van der Waals surface area contributed by atoms with Crippen molar-refractivity contribution in [1.82, 2.24) is 5.32 Å². The minimum Gasteiger partial charge on any atom is -0.504 e. The van der Waals surface area contributed by atoms with Gasteiger partial charge in [0.2, 0.25) is 0 Å². The summed E-state index contributed by atoms with van der Waals surface area (Å²) in [6.45, 7) is 2.34. The van der Waals surface area contributed by atoms with E-state index in [4.69, 9.17) is 0 Å². The molecule has 0 amide bonds. The van der Waals surface area contributed by atoms with Crippen molar-refractivity contribution in [3.8, 4) is 11.5 Å². The molecule has 1 atom stereocenters. The van der Waals surface area contributed by atoms with Crippen LogP contribution in [0.25, 0.3) is 0 Å². The van der Waals surface area contributed by atoms with Crippen molar-refractivity contribution < 1.29 is 18.6 Å². The fourth-order valence-corrected chi connectivity index (χ4v) is 4.27. The minimum atomic E-state index is -2.93.